The minimum atomic E-state index is -1.16. The zero-order chi connectivity index (χ0) is 41.1. The van der Waals surface area contributed by atoms with Crippen LogP contribution in [0.2, 0.25) is 0 Å². The molecule has 0 aliphatic carbocycles. The van der Waals surface area contributed by atoms with Gasteiger partial charge in [0.1, 0.15) is 35.3 Å². The van der Waals surface area contributed by atoms with Crippen molar-refractivity contribution in [2.75, 3.05) is 56.0 Å². The van der Waals surface area contributed by atoms with E-state index in [1.165, 1.54) is 0 Å². The third-order valence-electron chi connectivity index (χ3n) is 13.7. The maximum atomic E-state index is 13.4. The first kappa shape index (κ1) is 38.6. The summed E-state index contributed by atoms with van der Waals surface area (Å²) in [6.07, 6.45) is 4.53. The fourth-order valence-corrected chi connectivity index (χ4v) is 10.4. The molecule has 5 N–H and O–H groups in total. The zero-order valence-electron chi connectivity index (χ0n) is 33.5. The minimum absolute atomic E-state index is 0.0984. The summed E-state index contributed by atoms with van der Waals surface area (Å²) < 4.78 is 8.11. The third-order valence-corrected chi connectivity index (χ3v) is 13.7. The summed E-state index contributed by atoms with van der Waals surface area (Å²) >= 11 is 0. The maximum absolute atomic E-state index is 13.4. The number of fused-ring (bicyclic) bond motifs is 2. The van der Waals surface area contributed by atoms with E-state index in [-0.39, 0.29) is 24.8 Å². The first-order valence-corrected chi connectivity index (χ1v) is 21.4. The fraction of sp³-hybridized carbons (Fsp3) is 0.444. The second-order valence-electron chi connectivity index (χ2n) is 17.1. The molecule has 2 unspecified atom stereocenters. The van der Waals surface area contributed by atoms with Gasteiger partial charge in [-0.2, -0.15) is 5.10 Å². The van der Waals surface area contributed by atoms with E-state index in [9.17, 15) is 24.3 Å². The summed E-state index contributed by atoms with van der Waals surface area (Å²) in [7, 11) is 0. The lowest BCUT2D eigenvalue weighted by Gasteiger charge is -2.50. The summed E-state index contributed by atoms with van der Waals surface area (Å²) in [5.74, 6) is 0.856. The van der Waals surface area contributed by atoms with Crippen LogP contribution in [0.1, 0.15) is 83.5 Å². The lowest BCUT2D eigenvalue weighted by atomic mass is 9.85. The van der Waals surface area contributed by atoms with Crippen molar-refractivity contribution in [3.8, 4) is 22.8 Å². The van der Waals surface area contributed by atoms with Gasteiger partial charge in [-0.1, -0.05) is 18.2 Å². The van der Waals surface area contributed by atoms with E-state index in [4.69, 9.17) is 15.6 Å². The topological polar surface area (TPSA) is 179 Å². The number of nitrogens with two attached hydrogens (primary N) is 1. The van der Waals surface area contributed by atoms with Crippen LogP contribution in [0.15, 0.2) is 72.8 Å². The van der Waals surface area contributed by atoms with Crippen LogP contribution in [0.25, 0.3) is 11.3 Å². The average molecular weight is 814 g/mol. The first-order valence-electron chi connectivity index (χ1n) is 21.4. The number of para-hydroxylation sites is 1. The van der Waals surface area contributed by atoms with Gasteiger partial charge in [-0.15, -0.1) is 0 Å². The molecule has 10 rings (SSSR count). The zero-order valence-corrected chi connectivity index (χ0v) is 33.5. The molecule has 7 heterocycles. The number of carbonyl (C=O) groups is 4. The number of imide groups is 2. The molecular formula is C45H51N9O6. The first-order chi connectivity index (χ1) is 29.2. The molecule has 0 bridgehead atoms. The number of aromatic nitrogens is 2. The van der Waals surface area contributed by atoms with Gasteiger partial charge in [0.05, 0.1) is 22.7 Å². The number of piperidine rings is 3. The third kappa shape index (κ3) is 7.02. The highest BCUT2D eigenvalue weighted by atomic mass is 16.5. The molecule has 15 nitrogen and oxygen atoms in total. The Kier molecular flexibility index (Phi) is 10.1. The van der Waals surface area contributed by atoms with E-state index in [1.54, 1.807) is 12.1 Å². The molecule has 0 saturated carbocycles. The molecule has 3 atom stereocenters. The summed E-state index contributed by atoms with van der Waals surface area (Å²) in [5.41, 5.74) is 9.93. The van der Waals surface area contributed by atoms with Gasteiger partial charge >= 0.3 is 0 Å². The van der Waals surface area contributed by atoms with Crippen molar-refractivity contribution >= 4 is 35.1 Å². The molecule has 60 heavy (non-hydrogen) atoms. The van der Waals surface area contributed by atoms with E-state index in [2.05, 4.69) is 30.0 Å². The van der Waals surface area contributed by atoms with E-state index in [0.29, 0.717) is 40.4 Å². The summed E-state index contributed by atoms with van der Waals surface area (Å²) in [5, 5.41) is 21.7. The van der Waals surface area contributed by atoms with E-state index < -0.39 is 30.0 Å². The number of aliphatic hydroxyl groups excluding tert-OH is 1. The van der Waals surface area contributed by atoms with Gasteiger partial charge in [-0.05, 0) is 112 Å². The van der Waals surface area contributed by atoms with Crippen molar-refractivity contribution in [3.63, 3.8) is 0 Å². The molecule has 4 saturated heterocycles. The standard InChI is InChI=1S/C45H51N9O6/c46-41(56)39-40(28-6-9-33(10-7-28)60-32-4-2-1-3-5-32)49-54-36(14-19-47-42(39)54)27-15-20-50(21-16-27)29-17-22-51(23-18-29)31-25-52(26-31)30-8-11-34-35(24-30)45(59)53(44(34)58)37-12-13-38(55)48-43(37)57/h1-11,24,27,29,31,36-37,41,47,56H,12-23,25-26,46H2,(H,48,55,57)/t36-,37?,41?/m0/s1. The van der Waals surface area contributed by atoms with Gasteiger partial charge in [0.15, 0.2) is 0 Å². The quantitative estimate of drug-likeness (QED) is 0.141. The number of ether oxygens (including phenoxy) is 1. The number of aliphatic hydroxyl groups is 1. The smallest absolute Gasteiger partial charge is 0.262 e. The Morgan fingerprint density at radius 1 is 0.767 bits per heavy atom. The molecule has 4 fully saturated rings. The van der Waals surface area contributed by atoms with Gasteiger partial charge in [0.25, 0.3) is 11.8 Å². The number of hydrogen-bond donors (Lipinski definition) is 4. The summed E-state index contributed by atoms with van der Waals surface area (Å²) in [4.78, 5) is 59.2. The van der Waals surface area contributed by atoms with E-state index in [1.807, 2.05) is 60.7 Å². The number of nitrogens with zero attached hydrogens (tertiary/aromatic N) is 6. The second kappa shape index (κ2) is 15.8. The van der Waals surface area contributed by atoms with Gasteiger partial charge in [0, 0.05) is 62.5 Å². The van der Waals surface area contributed by atoms with Crippen molar-refractivity contribution in [3.05, 3.63) is 89.5 Å². The molecule has 0 radical (unpaired) electrons. The number of nitrogens with one attached hydrogen (secondary N) is 2. The lowest BCUT2D eigenvalue weighted by Crippen LogP contribution is -2.62. The monoisotopic (exact) mass is 813 g/mol. The van der Waals surface area contributed by atoms with Crippen molar-refractivity contribution in [2.45, 2.75) is 75.3 Å². The fourth-order valence-electron chi connectivity index (χ4n) is 10.4. The Bertz CT molecular complexity index is 2290. The predicted molar refractivity (Wildman–Crippen MR) is 223 cm³/mol. The molecule has 6 aliphatic rings. The highest BCUT2D eigenvalue weighted by Gasteiger charge is 2.45. The Morgan fingerprint density at radius 2 is 1.45 bits per heavy atom. The molecule has 3 aromatic carbocycles. The summed E-state index contributed by atoms with van der Waals surface area (Å²) in [6.45, 7) is 6.77. The average Bonchev–Trinajstić information content (AvgIpc) is 3.76. The number of likely N-dealkylation sites (tertiary alicyclic amines) is 2. The van der Waals surface area contributed by atoms with Gasteiger partial charge in [0.2, 0.25) is 11.8 Å². The summed E-state index contributed by atoms with van der Waals surface area (Å²) in [6, 6.07) is 23.1. The lowest BCUT2D eigenvalue weighted by molar-refractivity contribution is -0.136. The highest BCUT2D eigenvalue weighted by molar-refractivity contribution is 6.23. The van der Waals surface area contributed by atoms with Crippen LogP contribution >= 0.6 is 0 Å². The largest absolute Gasteiger partial charge is 0.457 e. The minimum Gasteiger partial charge on any atom is -0.457 e. The Labute approximate surface area is 348 Å². The molecule has 312 valence electrons. The van der Waals surface area contributed by atoms with Gasteiger partial charge in [-0.3, -0.25) is 34.3 Å². The Balaban J connectivity index is 0.721. The maximum Gasteiger partial charge on any atom is 0.262 e. The van der Waals surface area contributed by atoms with Crippen molar-refractivity contribution in [1.29, 1.82) is 0 Å². The van der Waals surface area contributed by atoms with Crippen LogP contribution in [0.4, 0.5) is 11.5 Å². The van der Waals surface area contributed by atoms with Crippen LogP contribution < -0.4 is 26.0 Å². The van der Waals surface area contributed by atoms with Crippen molar-refractivity contribution in [1.82, 2.24) is 29.8 Å². The van der Waals surface area contributed by atoms with Crippen molar-refractivity contribution in [2.24, 2.45) is 11.7 Å². The number of anilines is 2. The number of benzene rings is 3. The number of amides is 4. The van der Waals surface area contributed by atoms with Crippen LogP contribution in [0, 0.1) is 5.92 Å². The highest BCUT2D eigenvalue weighted by Crippen LogP contribution is 2.42. The van der Waals surface area contributed by atoms with Gasteiger partial charge in [-0.25, -0.2) is 4.68 Å². The van der Waals surface area contributed by atoms with Crippen LogP contribution in [0.3, 0.4) is 0 Å². The Morgan fingerprint density at radius 3 is 2.17 bits per heavy atom. The molecular weight excluding hydrogens is 763 g/mol. The SMILES string of the molecule is NC(O)c1c(-c2ccc(Oc3ccccc3)cc2)nn2c1NCC[C@H]2C1CCN(C2CCN(C3CN(c4ccc5c(c4)C(=O)N(C4CCC(=O)NC4=O)C5=O)C3)CC2)CC1. The second-order valence-corrected chi connectivity index (χ2v) is 17.1. The normalized spacial score (nSPS) is 23.8. The molecule has 4 aromatic rings. The van der Waals surface area contributed by atoms with Crippen LogP contribution in [-0.2, 0) is 9.59 Å². The van der Waals surface area contributed by atoms with Gasteiger partial charge < -0.3 is 30.7 Å². The molecule has 4 amide bonds. The molecule has 0 spiro atoms. The number of carbonyl (C=O) groups excluding carboxylic acids is 4. The van der Waals surface area contributed by atoms with E-state index >= 15 is 0 Å². The molecule has 15 heteroatoms. The van der Waals surface area contributed by atoms with E-state index in [0.717, 1.165) is 111 Å². The predicted octanol–water partition coefficient (Wildman–Crippen LogP) is 4.12. The van der Waals surface area contributed by atoms with Crippen LogP contribution in [0.5, 0.6) is 11.5 Å². The van der Waals surface area contributed by atoms with Crippen LogP contribution in [-0.4, -0.2) is 117 Å². The number of rotatable bonds is 9. The molecule has 1 aromatic heterocycles. The van der Waals surface area contributed by atoms with Crippen molar-refractivity contribution < 1.29 is 29.0 Å². The number of hydrogen-bond acceptors (Lipinski definition) is 12. The Hall–Kier alpha value is -5.61. The molecule has 6 aliphatic heterocycles.